The summed E-state index contributed by atoms with van der Waals surface area (Å²) in [7, 11) is 4.00. The van der Waals surface area contributed by atoms with Crippen LogP contribution in [0.15, 0.2) is 35.3 Å². The number of hydrogen-bond acceptors (Lipinski definition) is 5. The molecule has 172 valence electrons. The quantitative estimate of drug-likeness (QED) is 0.504. The fourth-order valence-corrected chi connectivity index (χ4v) is 3.98. The van der Waals surface area contributed by atoms with E-state index in [-0.39, 0.29) is 5.91 Å². The highest BCUT2D eigenvalue weighted by Crippen LogP contribution is 2.07. The summed E-state index contributed by atoms with van der Waals surface area (Å²) in [5, 5.41) is 3.54. The minimum atomic E-state index is 0.217. The molecule has 0 aliphatic carbocycles. The fourth-order valence-electron chi connectivity index (χ4n) is 3.98. The molecule has 0 aromatic heterocycles. The van der Waals surface area contributed by atoms with Gasteiger partial charge in [0.25, 0.3) is 0 Å². The number of nitrogens with one attached hydrogen (secondary N) is 1. The van der Waals surface area contributed by atoms with Crippen molar-refractivity contribution in [3.8, 4) is 0 Å². The number of piperazine rings is 1. The van der Waals surface area contributed by atoms with Crippen LogP contribution < -0.4 is 5.32 Å². The summed E-state index contributed by atoms with van der Waals surface area (Å²) >= 11 is 0. The van der Waals surface area contributed by atoms with Crippen molar-refractivity contribution in [1.82, 2.24) is 24.9 Å². The Morgan fingerprint density at radius 2 is 1.77 bits per heavy atom. The van der Waals surface area contributed by atoms with Crippen molar-refractivity contribution in [2.24, 2.45) is 4.99 Å². The molecule has 31 heavy (non-hydrogen) atoms. The van der Waals surface area contributed by atoms with Crippen LogP contribution >= 0.6 is 0 Å². The number of ether oxygens (including phenoxy) is 1. The van der Waals surface area contributed by atoms with Crippen molar-refractivity contribution in [2.75, 3.05) is 79.7 Å². The molecule has 2 aliphatic heterocycles. The normalized spacial score (nSPS) is 19.5. The Morgan fingerprint density at radius 3 is 2.42 bits per heavy atom. The maximum Gasteiger partial charge on any atom is 0.236 e. The van der Waals surface area contributed by atoms with Gasteiger partial charge in [0.2, 0.25) is 5.91 Å². The summed E-state index contributed by atoms with van der Waals surface area (Å²) in [5.74, 6) is 1.16. The first-order valence-electron chi connectivity index (χ1n) is 11.3. The highest BCUT2D eigenvalue weighted by Gasteiger charge is 2.24. The van der Waals surface area contributed by atoms with E-state index < -0.39 is 0 Å². The standard InChI is InChI=1S/C23H38N6O2/c1-20(26(3)18-21-7-5-4-6-8-21)17-25-23(24-2)29-11-9-27(10-12-29)19-22(30)28-13-15-31-16-14-28/h4-8,20H,9-19H2,1-3H3,(H,24,25). The number of guanidine groups is 1. The van der Waals surface area contributed by atoms with Crippen molar-refractivity contribution in [2.45, 2.75) is 19.5 Å². The second-order valence-electron chi connectivity index (χ2n) is 8.43. The van der Waals surface area contributed by atoms with Gasteiger partial charge in [-0.2, -0.15) is 0 Å². The third-order valence-corrected chi connectivity index (χ3v) is 6.19. The number of morpholine rings is 1. The van der Waals surface area contributed by atoms with Crippen LogP contribution in [-0.2, 0) is 16.1 Å². The summed E-state index contributed by atoms with van der Waals surface area (Å²) in [6, 6.07) is 10.9. The molecule has 0 radical (unpaired) electrons. The van der Waals surface area contributed by atoms with Crippen molar-refractivity contribution < 1.29 is 9.53 Å². The summed E-state index contributed by atoms with van der Waals surface area (Å²) < 4.78 is 5.34. The third-order valence-electron chi connectivity index (χ3n) is 6.19. The predicted octanol–water partition coefficient (Wildman–Crippen LogP) is 0.559. The van der Waals surface area contributed by atoms with Gasteiger partial charge in [0.1, 0.15) is 0 Å². The lowest BCUT2D eigenvalue weighted by Crippen LogP contribution is -2.55. The summed E-state index contributed by atoms with van der Waals surface area (Å²) in [4.78, 5) is 25.8. The predicted molar refractivity (Wildman–Crippen MR) is 124 cm³/mol. The Labute approximate surface area is 186 Å². The Bertz CT molecular complexity index is 699. The van der Waals surface area contributed by atoms with E-state index in [0.717, 1.165) is 45.2 Å². The lowest BCUT2D eigenvalue weighted by molar-refractivity contribution is -0.136. The topological polar surface area (TPSA) is 63.7 Å². The molecule has 1 N–H and O–H groups in total. The third kappa shape index (κ3) is 7.19. The molecular formula is C23H38N6O2. The van der Waals surface area contributed by atoms with Gasteiger partial charge in [-0.25, -0.2) is 0 Å². The average Bonchev–Trinajstić information content (AvgIpc) is 2.81. The molecule has 8 heteroatoms. The maximum absolute atomic E-state index is 12.5. The maximum atomic E-state index is 12.5. The molecule has 0 spiro atoms. The lowest BCUT2D eigenvalue weighted by atomic mass is 10.2. The summed E-state index contributed by atoms with van der Waals surface area (Å²) in [6.07, 6.45) is 0. The van der Waals surface area contributed by atoms with Gasteiger partial charge in [0.05, 0.1) is 19.8 Å². The number of benzene rings is 1. The molecule has 1 aromatic rings. The number of carbonyl (C=O) groups is 1. The number of aliphatic imine (C=N–C) groups is 1. The zero-order valence-electron chi connectivity index (χ0n) is 19.3. The first-order valence-corrected chi connectivity index (χ1v) is 11.3. The van der Waals surface area contributed by atoms with E-state index in [1.807, 2.05) is 11.9 Å². The van der Waals surface area contributed by atoms with Gasteiger partial charge in [-0.3, -0.25) is 19.6 Å². The highest BCUT2D eigenvalue weighted by molar-refractivity contribution is 5.80. The average molecular weight is 431 g/mol. The fraction of sp³-hybridized carbons (Fsp3) is 0.652. The van der Waals surface area contributed by atoms with Crippen LogP contribution in [0.3, 0.4) is 0 Å². The van der Waals surface area contributed by atoms with E-state index in [2.05, 4.69) is 69.3 Å². The first kappa shape index (κ1) is 23.5. The largest absolute Gasteiger partial charge is 0.378 e. The lowest BCUT2D eigenvalue weighted by Gasteiger charge is -2.37. The van der Waals surface area contributed by atoms with Crippen molar-refractivity contribution in [1.29, 1.82) is 0 Å². The monoisotopic (exact) mass is 430 g/mol. The second kappa shape index (κ2) is 12.0. The second-order valence-corrected chi connectivity index (χ2v) is 8.43. The highest BCUT2D eigenvalue weighted by atomic mass is 16.5. The van der Waals surface area contributed by atoms with E-state index >= 15 is 0 Å². The Hall–Kier alpha value is -2.16. The minimum Gasteiger partial charge on any atom is -0.378 e. The molecule has 2 aliphatic rings. The van der Waals surface area contributed by atoms with E-state index in [4.69, 9.17) is 4.74 Å². The van der Waals surface area contributed by atoms with Gasteiger partial charge in [0, 0.05) is 65.4 Å². The SMILES string of the molecule is CN=C(NCC(C)N(C)Cc1ccccc1)N1CCN(CC(=O)N2CCOCC2)CC1. The Kier molecular flexibility index (Phi) is 9.12. The van der Waals surface area contributed by atoms with Gasteiger partial charge < -0.3 is 19.9 Å². The van der Waals surface area contributed by atoms with Crippen LogP contribution in [0.4, 0.5) is 0 Å². The summed E-state index contributed by atoms with van der Waals surface area (Å²) in [6.45, 7) is 10.7. The van der Waals surface area contributed by atoms with Gasteiger partial charge in [-0.1, -0.05) is 30.3 Å². The number of rotatable bonds is 7. The number of nitrogens with zero attached hydrogens (tertiary/aromatic N) is 5. The van der Waals surface area contributed by atoms with Crippen molar-refractivity contribution in [3.63, 3.8) is 0 Å². The zero-order chi connectivity index (χ0) is 22.1. The molecule has 0 saturated carbocycles. The van der Waals surface area contributed by atoms with E-state index in [1.54, 1.807) is 0 Å². The van der Waals surface area contributed by atoms with Crippen LogP contribution in [0.1, 0.15) is 12.5 Å². The molecule has 2 heterocycles. The molecule has 1 amide bonds. The van der Waals surface area contributed by atoms with E-state index in [1.165, 1.54) is 5.56 Å². The van der Waals surface area contributed by atoms with Crippen molar-refractivity contribution in [3.05, 3.63) is 35.9 Å². The van der Waals surface area contributed by atoms with E-state index in [0.29, 0.717) is 38.9 Å². The molecule has 2 fully saturated rings. The first-order chi connectivity index (χ1) is 15.1. The Morgan fingerprint density at radius 1 is 1.10 bits per heavy atom. The van der Waals surface area contributed by atoms with Crippen LogP contribution in [0.5, 0.6) is 0 Å². The van der Waals surface area contributed by atoms with Crippen LogP contribution in [0.2, 0.25) is 0 Å². The zero-order valence-corrected chi connectivity index (χ0v) is 19.3. The number of amides is 1. The van der Waals surface area contributed by atoms with Gasteiger partial charge in [0.15, 0.2) is 5.96 Å². The van der Waals surface area contributed by atoms with Crippen LogP contribution in [0, 0.1) is 0 Å². The van der Waals surface area contributed by atoms with Gasteiger partial charge in [-0.05, 0) is 19.5 Å². The van der Waals surface area contributed by atoms with E-state index in [9.17, 15) is 4.79 Å². The minimum absolute atomic E-state index is 0.217. The number of carbonyl (C=O) groups excluding carboxylic acids is 1. The molecular weight excluding hydrogens is 392 g/mol. The molecule has 3 rings (SSSR count). The summed E-state index contributed by atoms with van der Waals surface area (Å²) in [5.41, 5.74) is 1.32. The Balaban J connectivity index is 1.39. The molecule has 1 unspecified atom stereocenters. The molecule has 8 nitrogen and oxygen atoms in total. The van der Waals surface area contributed by atoms with Crippen LogP contribution in [-0.4, -0.2) is 117 Å². The molecule has 2 saturated heterocycles. The molecule has 1 aromatic carbocycles. The smallest absolute Gasteiger partial charge is 0.236 e. The van der Waals surface area contributed by atoms with Gasteiger partial charge >= 0.3 is 0 Å². The van der Waals surface area contributed by atoms with Crippen LogP contribution in [0.25, 0.3) is 0 Å². The van der Waals surface area contributed by atoms with Crippen molar-refractivity contribution >= 4 is 11.9 Å². The van der Waals surface area contributed by atoms with Gasteiger partial charge in [-0.15, -0.1) is 0 Å². The number of likely N-dealkylation sites (N-methyl/N-ethyl adjacent to an activating group) is 1. The number of hydrogen-bond donors (Lipinski definition) is 1. The molecule has 0 bridgehead atoms. The molecule has 1 atom stereocenters.